The Bertz CT molecular complexity index is 271. The number of aryl methyl sites for hydroxylation is 1. The van der Waals surface area contributed by atoms with Crippen molar-refractivity contribution in [3.05, 3.63) is 23.9 Å². The molecule has 3 nitrogen and oxygen atoms in total. The molecule has 0 aliphatic carbocycles. The van der Waals surface area contributed by atoms with Gasteiger partial charge in [-0.2, -0.15) is 0 Å². The topological polar surface area (TPSA) is 42.0 Å². The van der Waals surface area contributed by atoms with E-state index in [1.165, 1.54) is 6.92 Å². The van der Waals surface area contributed by atoms with E-state index in [9.17, 15) is 4.79 Å². The highest BCUT2D eigenvalue weighted by Gasteiger charge is 1.94. The molecule has 0 saturated carbocycles. The van der Waals surface area contributed by atoms with Gasteiger partial charge in [0.05, 0.1) is 0 Å². The first-order valence-electron chi connectivity index (χ1n) is 4.40. The standard InChI is InChI=1S/C8H10N2O.C2H6/c1-6-4-3-5-8(9-6)10-7(2)11;1-2/h3-5H,1-2H3,(H,9,10,11);1-2H3. The van der Waals surface area contributed by atoms with Gasteiger partial charge in [-0.05, 0) is 19.1 Å². The molecule has 1 aromatic heterocycles. The normalized spacial score (nSPS) is 8.31. The lowest BCUT2D eigenvalue weighted by Gasteiger charge is -1.99. The summed E-state index contributed by atoms with van der Waals surface area (Å²) in [4.78, 5) is 14.7. The number of amides is 1. The summed E-state index contributed by atoms with van der Waals surface area (Å²) in [5.74, 6) is 0.514. The maximum atomic E-state index is 10.6. The van der Waals surface area contributed by atoms with Gasteiger partial charge in [0.2, 0.25) is 5.91 Å². The maximum Gasteiger partial charge on any atom is 0.222 e. The summed E-state index contributed by atoms with van der Waals surface area (Å²) in [6, 6.07) is 5.49. The lowest BCUT2D eigenvalue weighted by molar-refractivity contribution is -0.114. The van der Waals surface area contributed by atoms with Gasteiger partial charge in [-0.3, -0.25) is 4.79 Å². The molecule has 1 heterocycles. The molecule has 0 aromatic carbocycles. The van der Waals surface area contributed by atoms with E-state index in [1.807, 2.05) is 32.9 Å². The molecular weight excluding hydrogens is 164 g/mol. The van der Waals surface area contributed by atoms with E-state index in [4.69, 9.17) is 0 Å². The van der Waals surface area contributed by atoms with Gasteiger partial charge in [-0.15, -0.1) is 0 Å². The average Bonchev–Trinajstić information content (AvgIpc) is 2.06. The second-order valence-corrected chi connectivity index (χ2v) is 2.35. The van der Waals surface area contributed by atoms with Crippen molar-refractivity contribution < 1.29 is 4.79 Å². The predicted octanol–water partition coefficient (Wildman–Crippen LogP) is 2.37. The summed E-state index contributed by atoms with van der Waals surface area (Å²) >= 11 is 0. The maximum absolute atomic E-state index is 10.6. The summed E-state index contributed by atoms with van der Waals surface area (Å²) in [5, 5.41) is 2.60. The van der Waals surface area contributed by atoms with Gasteiger partial charge < -0.3 is 5.32 Å². The third kappa shape index (κ3) is 4.95. The summed E-state index contributed by atoms with van der Waals surface area (Å²) in [5.41, 5.74) is 0.899. The van der Waals surface area contributed by atoms with Gasteiger partial charge in [0.1, 0.15) is 5.82 Å². The monoisotopic (exact) mass is 180 g/mol. The minimum atomic E-state index is -0.0944. The molecule has 3 heteroatoms. The Hall–Kier alpha value is -1.38. The van der Waals surface area contributed by atoms with Crippen LogP contribution in [-0.2, 0) is 4.79 Å². The van der Waals surface area contributed by atoms with Crippen LogP contribution in [0.2, 0.25) is 0 Å². The third-order valence-electron chi connectivity index (χ3n) is 1.19. The van der Waals surface area contributed by atoms with E-state index >= 15 is 0 Å². The molecule has 0 bridgehead atoms. The highest BCUT2D eigenvalue weighted by Crippen LogP contribution is 2.02. The Labute approximate surface area is 79.2 Å². The Morgan fingerprint density at radius 1 is 1.38 bits per heavy atom. The van der Waals surface area contributed by atoms with Crippen LogP contribution < -0.4 is 5.32 Å². The molecule has 0 atom stereocenters. The van der Waals surface area contributed by atoms with E-state index in [2.05, 4.69) is 10.3 Å². The number of nitrogens with one attached hydrogen (secondary N) is 1. The molecule has 13 heavy (non-hydrogen) atoms. The van der Waals surface area contributed by atoms with Crippen LogP contribution in [0.15, 0.2) is 18.2 Å². The van der Waals surface area contributed by atoms with E-state index in [0.717, 1.165) is 5.69 Å². The number of carbonyl (C=O) groups is 1. The number of aromatic nitrogens is 1. The summed E-state index contributed by atoms with van der Waals surface area (Å²) in [7, 11) is 0. The first-order valence-corrected chi connectivity index (χ1v) is 4.40. The molecule has 1 rings (SSSR count). The zero-order chi connectivity index (χ0) is 10.3. The van der Waals surface area contributed by atoms with Crippen LogP contribution in [-0.4, -0.2) is 10.9 Å². The zero-order valence-corrected chi connectivity index (χ0v) is 8.59. The molecule has 0 aliphatic rings. The molecule has 1 aromatic rings. The largest absolute Gasteiger partial charge is 0.311 e. The highest BCUT2D eigenvalue weighted by atomic mass is 16.1. The van der Waals surface area contributed by atoms with Gasteiger partial charge in [-0.25, -0.2) is 4.98 Å². The van der Waals surface area contributed by atoms with Crippen LogP contribution in [0.1, 0.15) is 26.5 Å². The quantitative estimate of drug-likeness (QED) is 0.721. The minimum absolute atomic E-state index is 0.0944. The van der Waals surface area contributed by atoms with Gasteiger partial charge >= 0.3 is 0 Å². The molecule has 0 saturated heterocycles. The molecule has 0 aliphatic heterocycles. The van der Waals surface area contributed by atoms with E-state index < -0.39 is 0 Å². The Morgan fingerprint density at radius 3 is 2.46 bits per heavy atom. The van der Waals surface area contributed by atoms with Crippen LogP contribution in [0.25, 0.3) is 0 Å². The molecule has 0 spiro atoms. The predicted molar refractivity (Wildman–Crippen MR) is 54.6 cm³/mol. The van der Waals surface area contributed by atoms with Crippen molar-refractivity contribution in [1.82, 2.24) is 4.98 Å². The minimum Gasteiger partial charge on any atom is -0.311 e. The fourth-order valence-electron chi connectivity index (χ4n) is 0.793. The lowest BCUT2D eigenvalue weighted by atomic mass is 10.4. The number of rotatable bonds is 1. The second-order valence-electron chi connectivity index (χ2n) is 2.35. The van der Waals surface area contributed by atoms with Crippen LogP contribution >= 0.6 is 0 Å². The molecule has 0 radical (unpaired) electrons. The molecule has 1 N–H and O–H groups in total. The van der Waals surface area contributed by atoms with Crippen molar-refractivity contribution in [2.75, 3.05) is 5.32 Å². The molecule has 0 fully saturated rings. The summed E-state index contributed by atoms with van der Waals surface area (Å²) < 4.78 is 0. The first kappa shape index (κ1) is 11.6. The summed E-state index contributed by atoms with van der Waals surface area (Å²) in [6.45, 7) is 7.34. The smallest absolute Gasteiger partial charge is 0.222 e. The first-order chi connectivity index (χ1) is 6.18. The van der Waals surface area contributed by atoms with E-state index in [1.54, 1.807) is 6.07 Å². The Balaban J connectivity index is 0.000000671. The van der Waals surface area contributed by atoms with Gasteiger partial charge in [0.15, 0.2) is 0 Å². The van der Waals surface area contributed by atoms with Crippen molar-refractivity contribution in [1.29, 1.82) is 0 Å². The molecule has 0 unspecified atom stereocenters. The second kappa shape index (κ2) is 6.17. The molecule has 1 amide bonds. The van der Waals surface area contributed by atoms with Crippen molar-refractivity contribution >= 4 is 11.7 Å². The average molecular weight is 180 g/mol. The van der Waals surface area contributed by atoms with E-state index in [0.29, 0.717) is 5.82 Å². The molecular formula is C10H16N2O. The summed E-state index contributed by atoms with van der Waals surface area (Å²) in [6.07, 6.45) is 0. The number of hydrogen-bond acceptors (Lipinski definition) is 2. The van der Waals surface area contributed by atoms with Crippen LogP contribution in [0.4, 0.5) is 5.82 Å². The van der Waals surface area contributed by atoms with Gasteiger partial charge in [0.25, 0.3) is 0 Å². The van der Waals surface area contributed by atoms with Crippen LogP contribution in [0, 0.1) is 6.92 Å². The van der Waals surface area contributed by atoms with Gasteiger partial charge in [0, 0.05) is 12.6 Å². The van der Waals surface area contributed by atoms with Crippen molar-refractivity contribution in [3.63, 3.8) is 0 Å². The Kier molecular flexibility index (Phi) is 5.52. The van der Waals surface area contributed by atoms with Crippen molar-refractivity contribution in [2.45, 2.75) is 27.7 Å². The number of carbonyl (C=O) groups excluding carboxylic acids is 1. The van der Waals surface area contributed by atoms with E-state index in [-0.39, 0.29) is 5.91 Å². The third-order valence-corrected chi connectivity index (χ3v) is 1.19. The van der Waals surface area contributed by atoms with Crippen LogP contribution in [0.5, 0.6) is 0 Å². The van der Waals surface area contributed by atoms with Crippen LogP contribution in [0.3, 0.4) is 0 Å². The zero-order valence-electron chi connectivity index (χ0n) is 8.59. The SMILES string of the molecule is CC.CC(=O)Nc1cccc(C)n1. The van der Waals surface area contributed by atoms with Gasteiger partial charge in [-0.1, -0.05) is 19.9 Å². The highest BCUT2D eigenvalue weighted by molar-refractivity contribution is 5.87. The van der Waals surface area contributed by atoms with Crippen molar-refractivity contribution in [2.24, 2.45) is 0 Å². The fourth-order valence-corrected chi connectivity index (χ4v) is 0.793. The number of hydrogen-bond donors (Lipinski definition) is 1. The Morgan fingerprint density at radius 2 is 2.00 bits per heavy atom. The van der Waals surface area contributed by atoms with Crippen molar-refractivity contribution in [3.8, 4) is 0 Å². The lowest BCUT2D eigenvalue weighted by Crippen LogP contribution is -2.07. The number of nitrogens with zero attached hydrogens (tertiary/aromatic N) is 1. The number of pyridine rings is 1. The molecule has 72 valence electrons. The number of anilines is 1. The fraction of sp³-hybridized carbons (Fsp3) is 0.400.